The number of nitrogens with one attached hydrogen (secondary N) is 2. The van der Waals surface area contributed by atoms with E-state index < -0.39 is 0 Å². The molecule has 1 atom stereocenters. The minimum absolute atomic E-state index is 0.0665. The summed E-state index contributed by atoms with van der Waals surface area (Å²) in [7, 11) is 1.81. The maximum Gasteiger partial charge on any atom is 0.320 e. The number of nitrogens with zero attached hydrogens (tertiary/aromatic N) is 2. The van der Waals surface area contributed by atoms with Gasteiger partial charge >= 0.3 is 6.03 Å². The van der Waals surface area contributed by atoms with Crippen molar-refractivity contribution in [2.75, 3.05) is 11.1 Å². The zero-order chi connectivity index (χ0) is 14.8. The second kappa shape index (κ2) is 5.81. The van der Waals surface area contributed by atoms with Gasteiger partial charge in [-0.05, 0) is 25.0 Å². The van der Waals surface area contributed by atoms with E-state index in [1.807, 2.05) is 43.9 Å². The van der Waals surface area contributed by atoms with E-state index >= 15 is 0 Å². The quantitative estimate of drug-likeness (QED) is 0.896. The van der Waals surface area contributed by atoms with Gasteiger partial charge in [-0.25, -0.2) is 4.79 Å². The van der Waals surface area contributed by atoms with Crippen LogP contribution in [0.4, 0.5) is 10.6 Å². The molecule has 2 aromatic rings. The van der Waals surface area contributed by atoms with Gasteiger partial charge in [0.05, 0.1) is 11.7 Å². The number of carbonyl (C=O) groups excluding carboxylic acids is 1. The molecule has 0 saturated carbocycles. The van der Waals surface area contributed by atoms with Crippen LogP contribution in [-0.2, 0) is 7.05 Å². The highest BCUT2D eigenvalue weighted by Crippen LogP contribution is 2.35. The van der Waals surface area contributed by atoms with Gasteiger partial charge in [0.15, 0.2) is 0 Å². The summed E-state index contributed by atoms with van der Waals surface area (Å²) in [5, 5.41) is 10.1. The molecule has 0 bridgehead atoms. The lowest BCUT2D eigenvalue weighted by molar-refractivity contribution is 0.248. The molecule has 3 rings (SSSR count). The van der Waals surface area contributed by atoms with E-state index in [2.05, 4.69) is 27.9 Å². The monoisotopic (exact) mass is 302 g/mol. The first-order valence-electron chi connectivity index (χ1n) is 6.93. The highest BCUT2D eigenvalue weighted by molar-refractivity contribution is 7.99. The molecule has 1 aliphatic rings. The number of rotatable bonds is 2. The van der Waals surface area contributed by atoms with Crippen molar-refractivity contribution in [2.45, 2.75) is 24.3 Å². The summed E-state index contributed by atoms with van der Waals surface area (Å²) in [4.78, 5) is 13.4. The summed E-state index contributed by atoms with van der Waals surface area (Å²) in [6, 6.07) is 9.97. The van der Waals surface area contributed by atoms with Gasteiger partial charge in [0.1, 0.15) is 5.82 Å². The third kappa shape index (κ3) is 3.05. The molecule has 0 aliphatic carbocycles. The number of aromatic nitrogens is 2. The predicted molar refractivity (Wildman–Crippen MR) is 84.6 cm³/mol. The van der Waals surface area contributed by atoms with Gasteiger partial charge in [0.2, 0.25) is 0 Å². The second-order valence-electron chi connectivity index (χ2n) is 5.12. The first kappa shape index (κ1) is 14.0. The zero-order valence-corrected chi connectivity index (χ0v) is 12.9. The van der Waals surface area contributed by atoms with Crippen molar-refractivity contribution in [1.82, 2.24) is 15.1 Å². The van der Waals surface area contributed by atoms with E-state index in [9.17, 15) is 4.79 Å². The predicted octanol–water partition coefficient (Wildman–Crippen LogP) is 3.09. The van der Waals surface area contributed by atoms with Crippen molar-refractivity contribution >= 4 is 23.6 Å². The summed E-state index contributed by atoms with van der Waals surface area (Å²) in [6.45, 7) is 1.90. The molecule has 0 spiro atoms. The molecule has 0 unspecified atom stereocenters. The Balaban J connectivity index is 1.70. The maximum absolute atomic E-state index is 12.2. The molecule has 21 heavy (non-hydrogen) atoms. The van der Waals surface area contributed by atoms with Crippen molar-refractivity contribution < 1.29 is 4.79 Å². The minimum atomic E-state index is -0.190. The number of thioether (sulfide) groups is 1. The molecule has 2 heterocycles. The number of carbonyl (C=O) groups is 1. The molecule has 1 aromatic heterocycles. The van der Waals surface area contributed by atoms with Crippen LogP contribution in [0.5, 0.6) is 0 Å². The number of urea groups is 1. The Labute approximate surface area is 128 Å². The molecule has 0 radical (unpaired) electrons. The smallest absolute Gasteiger partial charge is 0.320 e. The van der Waals surface area contributed by atoms with Crippen molar-refractivity contribution in [2.24, 2.45) is 7.05 Å². The van der Waals surface area contributed by atoms with Gasteiger partial charge in [-0.3, -0.25) is 10.00 Å². The Hall–Kier alpha value is -1.95. The number of hydrogen-bond donors (Lipinski definition) is 2. The van der Waals surface area contributed by atoms with Gasteiger partial charge in [-0.1, -0.05) is 18.2 Å². The van der Waals surface area contributed by atoms with Gasteiger partial charge < -0.3 is 5.32 Å². The maximum atomic E-state index is 12.2. The van der Waals surface area contributed by atoms with Gasteiger partial charge in [-0.15, -0.1) is 11.8 Å². The lowest BCUT2D eigenvalue weighted by Gasteiger charge is -2.25. The molecular formula is C15H18N4OS. The van der Waals surface area contributed by atoms with E-state index in [1.165, 1.54) is 10.5 Å². The molecule has 110 valence electrons. The van der Waals surface area contributed by atoms with E-state index in [0.717, 1.165) is 17.9 Å². The van der Waals surface area contributed by atoms with Crippen LogP contribution in [-0.4, -0.2) is 21.6 Å². The number of fused-ring (bicyclic) bond motifs is 1. The number of anilines is 1. The third-order valence-corrected chi connectivity index (χ3v) is 4.63. The van der Waals surface area contributed by atoms with Crippen molar-refractivity contribution in [3.05, 3.63) is 41.6 Å². The Kier molecular flexibility index (Phi) is 3.88. The van der Waals surface area contributed by atoms with E-state index in [4.69, 9.17) is 0 Å². The normalized spacial score (nSPS) is 17.1. The van der Waals surface area contributed by atoms with Gasteiger partial charge in [0.25, 0.3) is 0 Å². The highest BCUT2D eigenvalue weighted by Gasteiger charge is 2.22. The largest absolute Gasteiger partial charge is 0.331 e. The number of amides is 2. The first-order chi connectivity index (χ1) is 10.1. The number of aryl methyl sites for hydroxylation is 2. The van der Waals surface area contributed by atoms with Crippen LogP contribution < -0.4 is 10.6 Å². The first-order valence-corrected chi connectivity index (χ1v) is 7.92. The SMILES string of the molecule is Cc1cc(NC(=O)N[C@H]2CCSc3ccccc32)n(C)n1. The van der Waals surface area contributed by atoms with Crippen molar-refractivity contribution in [1.29, 1.82) is 0 Å². The molecule has 2 amide bonds. The Bertz CT molecular complexity index is 667. The van der Waals surface area contributed by atoms with Crippen molar-refractivity contribution in [3.8, 4) is 0 Å². The van der Waals surface area contributed by atoms with Crippen LogP contribution in [0.15, 0.2) is 35.2 Å². The van der Waals surface area contributed by atoms with Crippen LogP contribution in [0.2, 0.25) is 0 Å². The van der Waals surface area contributed by atoms with Gasteiger partial charge in [0, 0.05) is 23.8 Å². The summed E-state index contributed by atoms with van der Waals surface area (Å²) in [5.41, 5.74) is 2.08. The molecular weight excluding hydrogens is 284 g/mol. The topological polar surface area (TPSA) is 59.0 Å². The lowest BCUT2D eigenvalue weighted by atomic mass is 10.0. The fourth-order valence-electron chi connectivity index (χ4n) is 2.53. The molecule has 5 nitrogen and oxygen atoms in total. The molecule has 1 aliphatic heterocycles. The van der Waals surface area contributed by atoms with Crippen LogP contribution in [0.25, 0.3) is 0 Å². The Morgan fingerprint density at radius 2 is 2.24 bits per heavy atom. The number of benzene rings is 1. The van der Waals surface area contributed by atoms with E-state index in [-0.39, 0.29) is 12.1 Å². The van der Waals surface area contributed by atoms with Crippen LogP contribution in [0.1, 0.15) is 23.7 Å². The average molecular weight is 302 g/mol. The molecule has 1 aromatic carbocycles. The zero-order valence-electron chi connectivity index (χ0n) is 12.1. The Morgan fingerprint density at radius 3 is 3.00 bits per heavy atom. The minimum Gasteiger partial charge on any atom is -0.331 e. The van der Waals surface area contributed by atoms with Gasteiger partial charge in [-0.2, -0.15) is 5.10 Å². The third-order valence-electron chi connectivity index (χ3n) is 3.51. The average Bonchev–Trinajstić information content (AvgIpc) is 2.77. The molecule has 2 N–H and O–H groups in total. The summed E-state index contributed by atoms with van der Waals surface area (Å²) < 4.78 is 1.67. The fraction of sp³-hybridized carbons (Fsp3) is 0.333. The van der Waals surface area contributed by atoms with E-state index in [0.29, 0.717) is 5.82 Å². The molecule has 0 saturated heterocycles. The summed E-state index contributed by atoms with van der Waals surface area (Å²) in [6.07, 6.45) is 0.944. The number of hydrogen-bond acceptors (Lipinski definition) is 3. The van der Waals surface area contributed by atoms with E-state index in [1.54, 1.807) is 4.68 Å². The fourth-order valence-corrected chi connectivity index (χ4v) is 3.66. The Morgan fingerprint density at radius 1 is 1.43 bits per heavy atom. The van der Waals surface area contributed by atoms with Crippen LogP contribution in [0.3, 0.4) is 0 Å². The standard InChI is InChI=1S/C15H18N4OS/c1-10-9-14(19(2)18-10)17-15(20)16-12-7-8-21-13-6-4-3-5-11(12)13/h3-6,9,12H,7-8H2,1-2H3,(H2,16,17,20)/t12-/m0/s1. The lowest BCUT2D eigenvalue weighted by Crippen LogP contribution is -2.34. The summed E-state index contributed by atoms with van der Waals surface area (Å²) in [5.74, 6) is 1.72. The van der Waals surface area contributed by atoms with Crippen LogP contribution >= 0.6 is 11.8 Å². The van der Waals surface area contributed by atoms with Crippen molar-refractivity contribution in [3.63, 3.8) is 0 Å². The molecule has 6 heteroatoms. The van der Waals surface area contributed by atoms with Crippen LogP contribution in [0, 0.1) is 6.92 Å². The highest BCUT2D eigenvalue weighted by atomic mass is 32.2. The molecule has 0 fully saturated rings. The second-order valence-corrected chi connectivity index (χ2v) is 6.26. The summed E-state index contributed by atoms with van der Waals surface area (Å²) >= 11 is 1.84.